The second kappa shape index (κ2) is 7.41. The van der Waals surface area contributed by atoms with Crippen molar-refractivity contribution in [2.75, 3.05) is 11.1 Å². The molecule has 134 valence electrons. The van der Waals surface area contributed by atoms with Crippen LogP contribution in [0.3, 0.4) is 0 Å². The number of anilines is 2. The van der Waals surface area contributed by atoms with Crippen molar-refractivity contribution < 1.29 is 13.8 Å². The van der Waals surface area contributed by atoms with Crippen molar-refractivity contribution in [3.05, 3.63) is 45.4 Å². The van der Waals surface area contributed by atoms with E-state index in [4.69, 9.17) is 22.7 Å². The van der Waals surface area contributed by atoms with E-state index in [-0.39, 0.29) is 38.9 Å². The molecular formula is C13H10ClFN8O2S. The van der Waals surface area contributed by atoms with E-state index in [0.717, 1.165) is 17.4 Å². The molecule has 3 aromatic rings. The number of rotatable bonds is 5. The summed E-state index contributed by atoms with van der Waals surface area (Å²) < 4.78 is 17.8. The lowest BCUT2D eigenvalue weighted by molar-refractivity contribution is 0.0949. The lowest BCUT2D eigenvalue weighted by Crippen LogP contribution is -2.25. The summed E-state index contributed by atoms with van der Waals surface area (Å²) >= 11 is 6.63. The van der Waals surface area contributed by atoms with Gasteiger partial charge in [0.05, 0.1) is 11.6 Å². The number of amides is 1. The molecule has 0 bridgehead atoms. The molecule has 10 nitrogen and oxygen atoms in total. The van der Waals surface area contributed by atoms with E-state index in [9.17, 15) is 9.18 Å². The second-order valence-corrected chi connectivity index (χ2v) is 6.23. The summed E-state index contributed by atoms with van der Waals surface area (Å²) in [4.78, 5) is 11.9. The molecule has 0 aliphatic carbocycles. The second-order valence-electron chi connectivity index (χ2n) is 4.82. The highest BCUT2D eigenvalue weighted by molar-refractivity contribution is 7.16. The van der Waals surface area contributed by atoms with Gasteiger partial charge < -0.3 is 16.4 Å². The summed E-state index contributed by atoms with van der Waals surface area (Å²) in [5.74, 6) is -1.25. The Hall–Kier alpha value is -3.12. The molecule has 26 heavy (non-hydrogen) atoms. The molecule has 0 aliphatic rings. The summed E-state index contributed by atoms with van der Waals surface area (Å²) in [6.07, 6.45) is 0. The smallest absolute Gasteiger partial charge is 0.282 e. The van der Waals surface area contributed by atoms with Gasteiger partial charge in [-0.2, -0.15) is 0 Å². The van der Waals surface area contributed by atoms with Gasteiger partial charge in [0.1, 0.15) is 11.5 Å². The monoisotopic (exact) mass is 396 g/mol. The quantitative estimate of drug-likeness (QED) is 0.374. The Morgan fingerprint density at radius 1 is 1.38 bits per heavy atom. The van der Waals surface area contributed by atoms with Gasteiger partial charge in [0.2, 0.25) is 10.1 Å². The fourth-order valence-electron chi connectivity index (χ4n) is 1.86. The third kappa shape index (κ3) is 3.92. The first-order valence-corrected chi connectivity index (χ1v) is 8.13. The summed E-state index contributed by atoms with van der Waals surface area (Å²) in [5, 5.41) is 27.9. The Morgan fingerprint density at radius 2 is 2.19 bits per heavy atom. The summed E-state index contributed by atoms with van der Waals surface area (Å²) in [5.41, 5.74) is 6.08. The van der Waals surface area contributed by atoms with E-state index in [0.29, 0.717) is 5.69 Å². The fraction of sp³-hybridized carbons (Fsp3) is 0.0769. The van der Waals surface area contributed by atoms with Gasteiger partial charge >= 0.3 is 0 Å². The zero-order chi connectivity index (χ0) is 18.7. The van der Waals surface area contributed by atoms with Gasteiger partial charge in [-0.1, -0.05) is 28.1 Å². The number of nitrogens with zero attached hydrogens (tertiary/aromatic N) is 4. The fourth-order valence-corrected chi connectivity index (χ4v) is 2.56. The Balaban J connectivity index is 1.66. The molecule has 1 aromatic carbocycles. The predicted molar refractivity (Wildman–Crippen MR) is 91.7 cm³/mol. The zero-order valence-corrected chi connectivity index (χ0v) is 14.4. The number of aromatic nitrogens is 4. The number of nitrogens with one attached hydrogen (secondary N) is 3. The van der Waals surface area contributed by atoms with Crippen LogP contribution in [0.4, 0.5) is 15.2 Å². The highest BCUT2D eigenvalue weighted by atomic mass is 35.5. The van der Waals surface area contributed by atoms with Gasteiger partial charge in [0, 0.05) is 5.69 Å². The third-order valence-electron chi connectivity index (χ3n) is 3.03. The summed E-state index contributed by atoms with van der Waals surface area (Å²) in [6, 6.07) is 3.89. The normalized spacial score (nSPS) is 10.5. The molecule has 0 aliphatic heterocycles. The zero-order valence-electron chi connectivity index (χ0n) is 12.8. The van der Waals surface area contributed by atoms with Crippen LogP contribution in [0, 0.1) is 11.2 Å². The Morgan fingerprint density at radius 3 is 2.88 bits per heavy atom. The van der Waals surface area contributed by atoms with Crippen LogP contribution >= 0.6 is 22.9 Å². The molecule has 13 heteroatoms. The van der Waals surface area contributed by atoms with Gasteiger partial charge in [-0.3, -0.25) is 10.2 Å². The van der Waals surface area contributed by atoms with Crippen molar-refractivity contribution in [1.82, 2.24) is 25.8 Å². The molecule has 0 radical (unpaired) electrons. The van der Waals surface area contributed by atoms with E-state index in [1.165, 1.54) is 12.1 Å². The van der Waals surface area contributed by atoms with Gasteiger partial charge in [-0.05, 0) is 23.4 Å². The van der Waals surface area contributed by atoms with Crippen molar-refractivity contribution in [1.29, 1.82) is 5.41 Å². The number of hydrogen-bond acceptors (Lipinski definition) is 9. The first-order chi connectivity index (χ1) is 12.4. The predicted octanol–water partition coefficient (Wildman–Crippen LogP) is 1.66. The van der Waals surface area contributed by atoms with Gasteiger partial charge in [-0.25, -0.2) is 9.02 Å². The van der Waals surface area contributed by atoms with E-state index >= 15 is 0 Å². The molecule has 0 unspecified atom stereocenters. The maximum absolute atomic E-state index is 13.2. The lowest BCUT2D eigenvalue weighted by Gasteiger charge is -2.07. The standard InChI is InChI=1S/C13H10ClFN8O2S/c14-6-3-5(1-2-7(6)15)19-10(16)9-8(22-25-23-9)4-18-11(24)12-20-21-13(17)26-12/h1-3H,4H2,(H2,16,19)(H2,17,21)(H,18,24). The van der Waals surface area contributed by atoms with E-state index in [1.807, 2.05) is 0 Å². The number of hydrogen-bond donors (Lipinski definition) is 4. The number of amidine groups is 1. The molecule has 3 rings (SSSR count). The number of nitrogen functional groups attached to an aromatic ring is 1. The molecule has 0 saturated carbocycles. The number of halogens is 2. The molecule has 2 heterocycles. The molecule has 2 aromatic heterocycles. The molecule has 0 saturated heterocycles. The highest BCUT2D eigenvalue weighted by Gasteiger charge is 2.18. The highest BCUT2D eigenvalue weighted by Crippen LogP contribution is 2.20. The van der Waals surface area contributed by atoms with Crippen LogP contribution in [-0.4, -0.2) is 32.3 Å². The first-order valence-electron chi connectivity index (χ1n) is 6.93. The molecular weight excluding hydrogens is 387 g/mol. The average molecular weight is 397 g/mol. The third-order valence-corrected chi connectivity index (χ3v) is 4.07. The molecule has 0 spiro atoms. The van der Waals surface area contributed by atoms with E-state index in [2.05, 4.69) is 35.8 Å². The molecule has 0 atom stereocenters. The maximum Gasteiger partial charge on any atom is 0.282 e. The minimum absolute atomic E-state index is 0.0641. The molecule has 5 N–H and O–H groups in total. The van der Waals surface area contributed by atoms with Crippen molar-refractivity contribution >= 4 is 45.5 Å². The van der Waals surface area contributed by atoms with E-state index in [1.54, 1.807) is 0 Å². The number of carbonyl (C=O) groups is 1. The largest absolute Gasteiger partial charge is 0.374 e. The first kappa shape index (κ1) is 17.7. The van der Waals surface area contributed by atoms with Gasteiger partial charge in [0.15, 0.2) is 11.5 Å². The Kier molecular flexibility index (Phi) is 5.04. The number of benzene rings is 1. The minimum Gasteiger partial charge on any atom is -0.374 e. The van der Waals surface area contributed by atoms with E-state index < -0.39 is 11.7 Å². The van der Waals surface area contributed by atoms with Gasteiger partial charge in [0.25, 0.3) is 5.91 Å². The van der Waals surface area contributed by atoms with Crippen molar-refractivity contribution in [3.8, 4) is 0 Å². The lowest BCUT2D eigenvalue weighted by atomic mass is 10.2. The van der Waals surface area contributed by atoms with Crippen molar-refractivity contribution in [3.63, 3.8) is 0 Å². The summed E-state index contributed by atoms with van der Waals surface area (Å²) in [7, 11) is 0. The Bertz CT molecular complexity index is 975. The molecule has 0 fully saturated rings. The van der Waals surface area contributed by atoms with Crippen LogP contribution in [0.25, 0.3) is 0 Å². The van der Waals surface area contributed by atoms with Crippen molar-refractivity contribution in [2.45, 2.75) is 6.54 Å². The van der Waals surface area contributed by atoms with Crippen LogP contribution in [0.2, 0.25) is 5.02 Å². The van der Waals surface area contributed by atoms with Crippen LogP contribution in [-0.2, 0) is 6.54 Å². The molecule has 1 amide bonds. The topological polar surface area (TPSA) is 156 Å². The van der Waals surface area contributed by atoms with Crippen LogP contribution < -0.4 is 16.4 Å². The maximum atomic E-state index is 13.2. The van der Waals surface area contributed by atoms with Crippen LogP contribution in [0.15, 0.2) is 22.8 Å². The van der Waals surface area contributed by atoms with Crippen LogP contribution in [0.1, 0.15) is 21.2 Å². The summed E-state index contributed by atoms with van der Waals surface area (Å²) in [6.45, 7) is -0.0641. The number of nitrogens with two attached hydrogens (primary N) is 1. The minimum atomic E-state index is -0.576. The SMILES string of the molecule is N=C(Nc1ccc(F)c(Cl)c1)c1nonc1CNC(=O)c1nnc(N)s1. The van der Waals surface area contributed by atoms with Gasteiger partial charge in [-0.15, -0.1) is 10.2 Å². The average Bonchev–Trinajstić information content (AvgIpc) is 3.25. The Labute approximate surface area is 154 Å². The number of carbonyl (C=O) groups excluding carboxylic acids is 1. The van der Waals surface area contributed by atoms with Crippen LogP contribution in [0.5, 0.6) is 0 Å². The van der Waals surface area contributed by atoms with Crippen molar-refractivity contribution in [2.24, 2.45) is 0 Å².